The van der Waals surface area contributed by atoms with Crippen molar-refractivity contribution >= 4 is 50.0 Å². The molecule has 7 rings (SSSR count). The molecule has 7 nitrogen and oxygen atoms in total. The molecule has 0 aliphatic heterocycles. The van der Waals surface area contributed by atoms with Crippen molar-refractivity contribution in [2.24, 2.45) is 0 Å². The average molecular weight is 562 g/mol. The standard InChI is InChI=1S/C33H25F2N5O2/c1-17-37-25-13-12-24(38-31(25)28-15-20-23(35)6-5-7-26(20)40(17)28)21-14-22-29(16-27(21)39(3)4)42-32(30(22)33(41)36-2)18-8-10-19(34)11-9-18/h5-16H,1-4H3,(H,36,41). The number of aromatic nitrogens is 3. The monoisotopic (exact) mass is 561 g/mol. The number of aryl methyl sites for hydroxylation is 1. The van der Waals surface area contributed by atoms with Gasteiger partial charge in [-0.15, -0.1) is 0 Å². The van der Waals surface area contributed by atoms with Crippen LogP contribution in [0.4, 0.5) is 14.5 Å². The van der Waals surface area contributed by atoms with Crippen LogP contribution >= 0.6 is 0 Å². The predicted octanol–water partition coefficient (Wildman–Crippen LogP) is 7.13. The van der Waals surface area contributed by atoms with Gasteiger partial charge in [-0.3, -0.25) is 9.20 Å². The first kappa shape index (κ1) is 25.6. The van der Waals surface area contributed by atoms with Crippen LogP contribution in [0.25, 0.3) is 61.0 Å². The fraction of sp³-hybridized carbons (Fsp3) is 0.121. The Hall–Kier alpha value is -5.31. The number of nitrogens with zero attached hydrogens (tertiary/aromatic N) is 4. The molecule has 1 N–H and O–H groups in total. The zero-order chi connectivity index (χ0) is 29.3. The predicted molar refractivity (Wildman–Crippen MR) is 161 cm³/mol. The van der Waals surface area contributed by atoms with Gasteiger partial charge in [0.25, 0.3) is 5.91 Å². The summed E-state index contributed by atoms with van der Waals surface area (Å²) in [5, 5.41) is 3.80. The Morgan fingerprint density at radius 2 is 1.71 bits per heavy atom. The number of benzene rings is 3. The summed E-state index contributed by atoms with van der Waals surface area (Å²) in [6.07, 6.45) is 0. The number of anilines is 1. The van der Waals surface area contributed by atoms with Crippen molar-refractivity contribution in [3.63, 3.8) is 0 Å². The van der Waals surface area contributed by atoms with E-state index in [4.69, 9.17) is 14.4 Å². The highest BCUT2D eigenvalue weighted by atomic mass is 19.1. The third kappa shape index (κ3) is 3.81. The molecule has 0 aliphatic rings. The second kappa shape index (κ2) is 9.37. The number of furan rings is 1. The van der Waals surface area contributed by atoms with Crippen molar-refractivity contribution in [1.82, 2.24) is 19.7 Å². The Kier molecular flexibility index (Phi) is 5.72. The molecule has 42 heavy (non-hydrogen) atoms. The van der Waals surface area contributed by atoms with Gasteiger partial charge in [0.2, 0.25) is 0 Å². The minimum absolute atomic E-state index is 0.307. The Morgan fingerprint density at radius 3 is 2.45 bits per heavy atom. The molecule has 208 valence electrons. The second-order valence-electron chi connectivity index (χ2n) is 10.4. The molecule has 4 aromatic heterocycles. The molecule has 0 fully saturated rings. The van der Waals surface area contributed by atoms with Gasteiger partial charge in [0.05, 0.1) is 27.8 Å². The molecular weight excluding hydrogens is 536 g/mol. The average Bonchev–Trinajstić information content (AvgIpc) is 3.57. The maximum absolute atomic E-state index is 14.7. The third-order valence-corrected chi connectivity index (χ3v) is 7.64. The number of carbonyl (C=O) groups excluding carboxylic acids is 1. The lowest BCUT2D eigenvalue weighted by Gasteiger charge is -2.18. The number of nitrogens with one attached hydrogen (secondary N) is 1. The lowest BCUT2D eigenvalue weighted by Crippen LogP contribution is -2.18. The van der Waals surface area contributed by atoms with E-state index in [1.54, 1.807) is 25.2 Å². The molecule has 0 saturated heterocycles. The number of rotatable bonds is 4. The van der Waals surface area contributed by atoms with E-state index in [0.29, 0.717) is 50.0 Å². The summed E-state index contributed by atoms with van der Waals surface area (Å²) >= 11 is 0. The van der Waals surface area contributed by atoms with Crippen LogP contribution in [-0.2, 0) is 0 Å². The largest absolute Gasteiger partial charge is 0.455 e. The van der Waals surface area contributed by atoms with E-state index in [-0.39, 0.29) is 17.5 Å². The van der Waals surface area contributed by atoms with E-state index in [1.165, 1.54) is 18.2 Å². The minimum atomic E-state index is -0.381. The number of amides is 1. The lowest BCUT2D eigenvalue weighted by atomic mass is 10.00. The van der Waals surface area contributed by atoms with Gasteiger partial charge in [-0.05, 0) is 67.6 Å². The van der Waals surface area contributed by atoms with Crippen LogP contribution in [-0.4, -0.2) is 41.4 Å². The topological polar surface area (TPSA) is 75.7 Å². The van der Waals surface area contributed by atoms with Crippen LogP contribution in [0.3, 0.4) is 0 Å². The van der Waals surface area contributed by atoms with E-state index in [0.717, 1.165) is 28.1 Å². The molecule has 0 bridgehead atoms. The molecule has 0 aliphatic carbocycles. The van der Waals surface area contributed by atoms with Crippen molar-refractivity contribution in [2.75, 3.05) is 26.0 Å². The van der Waals surface area contributed by atoms with Crippen LogP contribution in [0.5, 0.6) is 0 Å². The maximum Gasteiger partial charge on any atom is 0.255 e. The van der Waals surface area contributed by atoms with Crippen molar-refractivity contribution in [3.05, 3.63) is 95.8 Å². The number of carbonyl (C=O) groups is 1. The van der Waals surface area contributed by atoms with Crippen molar-refractivity contribution < 1.29 is 18.0 Å². The normalized spacial score (nSPS) is 11.7. The molecular formula is C33H25F2N5O2. The van der Waals surface area contributed by atoms with E-state index in [2.05, 4.69) is 5.32 Å². The first-order valence-electron chi connectivity index (χ1n) is 13.4. The maximum atomic E-state index is 14.7. The van der Waals surface area contributed by atoms with Gasteiger partial charge in [0.1, 0.15) is 34.3 Å². The Balaban J connectivity index is 1.52. The molecule has 0 radical (unpaired) electrons. The van der Waals surface area contributed by atoms with Crippen LogP contribution in [0, 0.1) is 18.6 Å². The summed E-state index contributed by atoms with van der Waals surface area (Å²) in [6.45, 7) is 1.89. The zero-order valence-electron chi connectivity index (χ0n) is 23.3. The van der Waals surface area contributed by atoms with Crippen LogP contribution in [0.2, 0.25) is 0 Å². The van der Waals surface area contributed by atoms with Crippen molar-refractivity contribution in [3.8, 4) is 22.6 Å². The van der Waals surface area contributed by atoms with Gasteiger partial charge in [0, 0.05) is 54.8 Å². The Labute approximate surface area is 239 Å². The first-order valence-corrected chi connectivity index (χ1v) is 13.4. The summed E-state index contributed by atoms with van der Waals surface area (Å²) in [6, 6.07) is 20.2. The molecule has 1 amide bonds. The van der Waals surface area contributed by atoms with E-state index < -0.39 is 0 Å². The Bertz CT molecular complexity index is 2210. The lowest BCUT2D eigenvalue weighted by molar-refractivity contribution is 0.0964. The van der Waals surface area contributed by atoms with Gasteiger partial charge < -0.3 is 14.6 Å². The van der Waals surface area contributed by atoms with Gasteiger partial charge in [-0.25, -0.2) is 18.7 Å². The van der Waals surface area contributed by atoms with Gasteiger partial charge >= 0.3 is 0 Å². The van der Waals surface area contributed by atoms with E-state index in [9.17, 15) is 13.6 Å². The molecule has 4 heterocycles. The molecule has 3 aromatic carbocycles. The molecule has 0 unspecified atom stereocenters. The highest BCUT2D eigenvalue weighted by Crippen LogP contribution is 2.41. The van der Waals surface area contributed by atoms with Gasteiger partial charge in [-0.1, -0.05) is 6.07 Å². The van der Waals surface area contributed by atoms with Crippen molar-refractivity contribution in [1.29, 1.82) is 0 Å². The van der Waals surface area contributed by atoms with E-state index in [1.807, 2.05) is 66.7 Å². The van der Waals surface area contributed by atoms with Crippen LogP contribution < -0.4 is 10.2 Å². The molecule has 0 saturated carbocycles. The third-order valence-electron chi connectivity index (χ3n) is 7.64. The summed E-state index contributed by atoms with van der Waals surface area (Å²) in [4.78, 5) is 24.9. The van der Waals surface area contributed by atoms with Crippen LogP contribution in [0.15, 0.2) is 77.2 Å². The second-order valence-corrected chi connectivity index (χ2v) is 10.4. The summed E-state index contributed by atoms with van der Waals surface area (Å²) in [7, 11) is 5.39. The van der Waals surface area contributed by atoms with Gasteiger partial charge in [0.15, 0.2) is 0 Å². The van der Waals surface area contributed by atoms with Gasteiger partial charge in [-0.2, -0.15) is 0 Å². The number of hydrogen-bond acceptors (Lipinski definition) is 5. The summed E-state index contributed by atoms with van der Waals surface area (Å²) in [5.74, 6) is 0.0598. The fourth-order valence-corrected chi connectivity index (χ4v) is 5.68. The smallest absolute Gasteiger partial charge is 0.255 e. The minimum Gasteiger partial charge on any atom is -0.455 e. The summed E-state index contributed by atoms with van der Waals surface area (Å²) < 4.78 is 36.6. The molecule has 9 heteroatoms. The first-order chi connectivity index (χ1) is 20.2. The molecule has 0 spiro atoms. The number of hydrogen-bond donors (Lipinski definition) is 1. The highest BCUT2D eigenvalue weighted by Gasteiger charge is 2.24. The molecule has 7 aromatic rings. The highest BCUT2D eigenvalue weighted by molar-refractivity contribution is 6.13. The fourth-order valence-electron chi connectivity index (χ4n) is 5.68. The summed E-state index contributed by atoms with van der Waals surface area (Å²) in [5.41, 5.74) is 6.47. The number of halogens is 2. The number of fused-ring (bicyclic) bond motifs is 6. The van der Waals surface area contributed by atoms with Crippen molar-refractivity contribution in [2.45, 2.75) is 6.92 Å². The quantitative estimate of drug-likeness (QED) is 0.248. The van der Waals surface area contributed by atoms with Crippen LogP contribution in [0.1, 0.15) is 16.2 Å². The van der Waals surface area contributed by atoms with E-state index >= 15 is 0 Å². The number of pyridine rings is 1. The Morgan fingerprint density at radius 1 is 0.929 bits per heavy atom. The zero-order valence-corrected chi connectivity index (χ0v) is 23.3. The molecule has 0 atom stereocenters. The SMILES string of the molecule is CNC(=O)c1c(-c2ccc(F)cc2)oc2cc(N(C)C)c(-c3ccc4nc(C)n5c6cccc(F)c6cc5c4n3)cc12.